The second kappa shape index (κ2) is 9.39. The van der Waals surface area contributed by atoms with E-state index in [0.717, 1.165) is 25.3 Å². The molecule has 1 atom stereocenters. The second-order valence-electron chi connectivity index (χ2n) is 4.57. The molecule has 0 aliphatic rings. The van der Waals surface area contributed by atoms with Crippen molar-refractivity contribution >= 4 is 5.91 Å². The van der Waals surface area contributed by atoms with Gasteiger partial charge in [-0.3, -0.25) is 4.79 Å². The molecule has 1 rings (SSSR count). The van der Waals surface area contributed by atoms with Gasteiger partial charge in [-0.05, 0) is 25.1 Å². The Kier molecular flexibility index (Phi) is 7.66. The Balaban J connectivity index is 2.14. The number of rotatable bonds is 9. The molecule has 1 amide bonds. The van der Waals surface area contributed by atoms with Gasteiger partial charge >= 0.3 is 0 Å². The highest BCUT2D eigenvalue weighted by atomic mass is 16.5. The number of benzene rings is 1. The van der Waals surface area contributed by atoms with Gasteiger partial charge in [0.25, 0.3) is 0 Å². The molecule has 0 heterocycles. The topological polar surface area (TPSA) is 50.4 Å². The summed E-state index contributed by atoms with van der Waals surface area (Å²) in [6.07, 6.45) is 1.11. The van der Waals surface area contributed by atoms with Crippen molar-refractivity contribution in [3.63, 3.8) is 0 Å². The van der Waals surface area contributed by atoms with Crippen molar-refractivity contribution in [1.29, 1.82) is 0 Å². The van der Waals surface area contributed by atoms with Gasteiger partial charge in [-0.2, -0.15) is 0 Å². The molecular formula is C15H24N2O2. The van der Waals surface area contributed by atoms with Crippen LogP contribution in [0.3, 0.4) is 0 Å². The Morgan fingerprint density at radius 1 is 1.21 bits per heavy atom. The smallest absolute Gasteiger partial charge is 0.226 e. The number of carbonyl (C=O) groups excluding carboxylic acids is 1. The van der Waals surface area contributed by atoms with Gasteiger partial charge in [-0.1, -0.05) is 32.0 Å². The largest absolute Gasteiger partial charge is 0.493 e. The van der Waals surface area contributed by atoms with Crippen molar-refractivity contribution in [2.24, 2.45) is 5.92 Å². The van der Waals surface area contributed by atoms with Crippen LogP contribution < -0.4 is 15.4 Å². The maximum absolute atomic E-state index is 11.8. The van der Waals surface area contributed by atoms with Crippen LogP contribution >= 0.6 is 0 Å². The number of para-hydroxylation sites is 1. The first kappa shape index (κ1) is 15.5. The molecule has 0 radical (unpaired) electrons. The molecule has 0 aliphatic heterocycles. The third-order valence-electron chi connectivity index (χ3n) is 2.72. The first-order valence-corrected chi connectivity index (χ1v) is 6.90. The van der Waals surface area contributed by atoms with Gasteiger partial charge < -0.3 is 15.4 Å². The van der Waals surface area contributed by atoms with Gasteiger partial charge in [0.1, 0.15) is 5.75 Å². The molecule has 0 saturated heterocycles. The lowest BCUT2D eigenvalue weighted by Gasteiger charge is -2.13. The molecule has 0 aromatic heterocycles. The van der Waals surface area contributed by atoms with Crippen LogP contribution in [-0.2, 0) is 4.79 Å². The third kappa shape index (κ3) is 6.82. The molecule has 0 saturated carbocycles. The van der Waals surface area contributed by atoms with E-state index in [2.05, 4.69) is 17.6 Å². The van der Waals surface area contributed by atoms with Crippen LogP contribution in [0.25, 0.3) is 0 Å². The molecule has 1 aromatic rings. The van der Waals surface area contributed by atoms with Gasteiger partial charge in [0.15, 0.2) is 0 Å². The fourth-order valence-corrected chi connectivity index (χ4v) is 1.56. The highest BCUT2D eigenvalue weighted by Crippen LogP contribution is 2.09. The molecule has 1 aromatic carbocycles. The maximum atomic E-state index is 11.8. The van der Waals surface area contributed by atoms with Crippen LogP contribution in [0.4, 0.5) is 0 Å². The van der Waals surface area contributed by atoms with E-state index in [9.17, 15) is 4.79 Å². The Labute approximate surface area is 115 Å². The van der Waals surface area contributed by atoms with E-state index in [1.807, 2.05) is 37.3 Å². The molecule has 106 valence electrons. The average Bonchev–Trinajstić information content (AvgIpc) is 2.45. The van der Waals surface area contributed by atoms with Gasteiger partial charge in [-0.15, -0.1) is 0 Å². The van der Waals surface area contributed by atoms with Crippen LogP contribution in [0.5, 0.6) is 5.75 Å². The zero-order chi connectivity index (χ0) is 13.9. The van der Waals surface area contributed by atoms with Crippen molar-refractivity contribution < 1.29 is 9.53 Å². The molecule has 1 unspecified atom stereocenters. The molecule has 0 aliphatic carbocycles. The zero-order valence-electron chi connectivity index (χ0n) is 11.8. The van der Waals surface area contributed by atoms with Gasteiger partial charge in [0.2, 0.25) is 5.91 Å². The Bertz CT molecular complexity index is 354. The van der Waals surface area contributed by atoms with E-state index >= 15 is 0 Å². The maximum Gasteiger partial charge on any atom is 0.226 e. The molecule has 4 nitrogen and oxygen atoms in total. The monoisotopic (exact) mass is 264 g/mol. The van der Waals surface area contributed by atoms with Crippen LogP contribution in [0, 0.1) is 5.92 Å². The summed E-state index contributed by atoms with van der Waals surface area (Å²) in [6, 6.07) is 9.55. The summed E-state index contributed by atoms with van der Waals surface area (Å²) in [5, 5.41) is 6.14. The Hall–Kier alpha value is -1.55. The van der Waals surface area contributed by atoms with Crippen LogP contribution in [0.1, 0.15) is 20.3 Å². The van der Waals surface area contributed by atoms with Crippen molar-refractivity contribution in [2.45, 2.75) is 20.3 Å². The summed E-state index contributed by atoms with van der Waals surface area (Å²) in [5.41, 5.74) is 0. The van der Waals surface area contributed by atoms with E-state index in [4.69, 9.17) is 4.74 Å². The van der Waals surface area contributed by atoms with E-state index in [-0.39, 0.29) is 11.8 Å². The Morgan fingerprint density at radius 2 is 1.95 bits per heavy atom. The first-order valence-electron chi connectivity index (χ1n) is 6.90. The quantitative estimate of drug-likeness (QED) is 0.669. The number of carbonyl (C=O) groups is 1. The predicted octanol–water partition coefficient (Wildman–Crippen LogP) is 1.82. The minimum Gasteiger partial charge on any atom is -0.493 e. The SMILES string of the molecule is CCCNCCNC(=O)C(C)COc1ccccc1. The molecule has 19 heavy (non-hydrogen) atoms. The average molecular weight is 264 g/mol. The Morgan fingerprint density at radius 3 is 2.63 bits per heavy atom. The van der Waals surface area contributed by atoms with Gasteiger partial charge in [0.05, 0.1) is 12.5 Å². The van der Waals surface area contributed by atoms with Crippen molar-refractivity contribution in [3.05, 3.63) is 30.3 Å². The normalized spacial score (nSPS) is 11.9. The van der Waals surface area contributed by atoms with Gasteiger partial charge in [-0.25, -0.2) is 0 Å². The summed E-state index contributed by atoms with van der Waals surface area (Å²) in [7, 11) is 0. The highest BCUT2D eigenvalue weighted by Gasteiger charge is 2.12. The van der Waals surface area contributed by atoms with E-state index in [1.54, 1.807) is 0 Å². The number of hydrogen-bond acceptors (Lipinski definition) is 3. The van der Waals surface area contributed by atoms with Crippen LogP contribution in [-0.4, -0.2) is 32.1 Å². The third-order valence-corrected chi connectivity index (χ3v) is 2.72. The van der Waals surface area contributed by atoms with E-state index in [0.29, 0.717) is 13.2 Å². The molecular weight excluding hydrogens is 240 g/mol. The van der Waals surface area contributed by atoms with Gasteiger partial charge in [0, 0.05) is 13.1 Å². The number of amides is 1. The number of ether oxygens (including phenoxy) is 1. The molecule has 0 spiro atoms. The minimum absolute atomic E-state index is 0.0363. The molecule has 0 bridgehead atoms. The fourth-order valence-electron chi connectivity index (χ4n) is 1.56. The van der Waals surface area contributed by atoms with E-state index < -0.39 is 0 Å². The zero-order valence-corrected chi connectivity index (χ0v) is 11.8. The summed E-state index contributed by atoms with van der Waals surface area (Å²) in [4.78, 5) is 11.8. The van der Waals surface area contributed by atoms with Crippen LogP contribution in [0.15, 0.2) is 30.3 Å². The van der Waals surface area contributed by atoms with Crippen molar-refractivity contribution in [2.75, 3.05) is 26.2 Å². The van der Waals surface area contributed by atoms with E-state index in [1.165, 1.54) is 0 Å². The first-order chi connectivity index (χ1) is 9.24. The number of hydrogen-bond donors (Lipinski definition) is 2. The van der Waals surface area contributed by atoms with Crippen molar-refractivity contribution in [3.8, 4) is 5.75 Å². The molecule has 2 N–H and O–H groups in total. The summed E-state index contributed by atoms with van der Waals surface area (Å²) in [5.74, 6) is 0.687. The summed E-state index contributed by atoms with van der Waals surface area (Å²) in [6.45, 7) is 6.85. The lowest BCUT2D eigenvalue weighted by Crippen LogP contribution is -2.37. The minimum atomic E-state index is -0.147. The molecule has 4 heteroatoms. The summed E-state index contributed by atoms with van der Waals surface area (Å²) >= 11 is 0. The second-order valence-corrected chi connectivity index (χ2v) is 4.57. The highest BCUT2D eigenvalue weighted by molar-refractivity contribution is 5.78. The number of nitrogens with one attached hydrogen (secondary N) is 2. The summed E-state index contributed by atoms with van der Waals surface area (Å²) < 4.78 is 5.56. The van der Waals surface area contributed by atoms with Crippen LogP contribution in [0.2, 0.25) is 0 Å². The van der Waals surface area contributed by atoms with Crippen molar-refractivity contribution in [1.82, 2.24) is 10.6 Å². The molecule has 0 fully saturated rings. The lowest BCUT2D eigenvalue weighted by atomic mass is 10.2. The standard InChI is InChI=1S/C15H24N2O2/c1-3-9-16-10-11-17-15(18)13(2)12-19-14-7-5-4-6-8-14/h4-8,13,16H,3,9-12H2,1-2H3,(H,17,18). The predicted molar refractivity (Wildman–Crippen MR) is 77.3 cm³/mol. The lowest BCUT2D eigenvalue weighted by molar-refractivity contribution is -0.125. The fraction of sp³-hybridized carbons (Fsp3) is 0.533.